The maximum atomic E-state index is 12.8. The van der Waals surface area contributed by atoms with Gasteiger partial charge in [-0.3, -0.25) is 9.48 Å². The predicted octanol–water partition coefficient (Wildman–Crippen LogP) is 1.96. The molecule has 1 amide bonds. The lowest BCUT2D eigenvalue weighted by atomic mass is 10.2. The molecule has 0 saturated carbocycles. The van der Waals surface area contributed by atoms with Gasteiger partial charge in [0.2, 0.25) is 0 Å². The van der Waals surface area contributed by atoms with Crippen LogP contribution in [0.2, 0.25) is 0 Å². The summed E-state index contributed by atoms with van der Waals surface area (Å²) in [7, 11) is 3.87. The van der Waals surface area contributed by atoms with Crippen LogP contribution >= 0.6 is 0 Å². The number of hydrogen-bond donors (Lipinski definition) is 0. The lowest BCUT2D eigenvalue weighted by molar-refractivity contribution is 0.0721. The molecule has 122 valence electrons. The van der Waals surface area contributed by atoms with E-state index < -0.39 is 0 Å². The van der Waals surface area contributed by atoms with Crippen molar-refractivity contribution in [2.75, 3.05) is 25.5 Å². The first-order valence-corrected chi connectivity index (χ1v) is 7.98. The van der Waals surface area contributed by atoms with Crippen LogP contribution in [-0.2, 0) is 6.54 Å². The number of carbonyl (C=O) groups is 1. The molecule has 2 aromatic rings. The molecule has 6 nitrogen and oxygen atoms in total. The second-order valence-electron chi connectivity index (χ2n) is 6.33. The van der Waals surface area contributed by atoms with Gasteiger partial charge in [0.25, 0.3) is 5.91 Å². The Morgan fingerprint density at radius 1 is 1.35 bits per heavy atom. The lowest BCUT2D eigenvalue weighted by Gasteiger charge is -2.25. The van der Waals surface area contributed by atoms with Crippen LogP contribution in [0.3, 0.4) is 0 Å². The Morgan fingerprint density at radius 3 is 2.78 bits per heavy atom. The molecule has 1 fully saturated rings. The van der Waals surface area contributed by atoms with Crippen LogP contribution in [0.5, 0.6) is 0 Å². The Labute approximate surface area is 136 Å². The number of likely N-dealkylation sites (tertiary alicyclic amines) is 1. The summed E-state index contributed by atoms with van der Waals surface area (Å²) in [5, 5.41) is 4.34. The summed E-state index contributed by atoms with van der Waals surface area (Å²) in [5.74, 6) is 0.917. The average Bonchev–Trinajstić information content (AvgIpc) is 3.16. The summed E-state index contributed by atoms with van der Waals surface area (Å²) in [6, 6.07) is 3.95. The van der Waals surface area contributed by atoms with Crippen LogP contribution in [0.25, 0.3) is 0 Å². The van der Waals surface area contributed by atoms with Crippen molar-refractivity contribution in [2.24, 2.45) is 0 Å². The smallest absolute Gasteiger partial charge is 0.255 e. The summed E-state index contributed by atoms with van der Waals surface area (Å²) in [6.45, 7) is 3.58. The summed E-state index contributed by atoms with van der Waals surface area (Å²) >= 11 is 0. The molecule has 0 aromatic carbocycles. The van der Waals surface area contributed by atoms with Crippen LogP contribution < -0.4 is 4.90 Å². The number of amides is 1. The Kier molecular flexibility index (Phi) is 4.32. The number of carbonyl (C=O) groups excluding carboxylic acids is 1. The Bertz CT molecular complexity index is 677. The fourth-order valence-electron chi connectivity index (χ4n) is 3.02. The number of anilines is 1. The molecule has 1 aliphatic heterocycles. The van der Waals surface area contributed by atoms with Gasteiger partial charge in [-0.1, -0.05) is 0 Å². The molecule has 1 aliphatic rings. The second kappa shape index (κ2) is 6.40. The molecular weight excluding hydrogens is 290 g/mol. The van der Waals surface area contributed by atoms with Crippen molar-refractivity contribution >= 4 is 11.7 Å². The molecule has 0 spiro atoms. The van der Waals surface area contributed by atoms with Crippen molar-refractivity contribution in [3.8, 4) is 0 Å². The van der Waals surface area contributed by atoms with Gasteiger partial charge in [0.05, 0.1) is 24.3 Å². The first-order valence-electron chi connectivity index (χ1n) is 7.98. The van der Waals surface area contributed by atoms with E-state index in [2.05, 4.69) is 10.1 Å². The minimum atomic E-state index is 0.0641. The zero-order valence-electron chi connectivity index (χ0n) is 13.9. The highest BCUT2D eigenvalue weighted by Gasteiger charge is 2.30. The molecule has 3 rings (SSSR count). The number of rotatable bonds is 4. The van der Waals surface area contributed by atoms with Crippen molar-refractivity contribution in [1.82, 2.24) is 19.7 Å². The van der Waals surface area contributed by atoms with Crippen molar-refractivity contribution in [3.63, 3.8) is 0 Å². The van der Waals surface area contributed by atoms with Crippen LogP contribution in [0.1, 0.15) is 28.8 Å². The summed E-state index contributed by atoms with van der Waals surface area (Å²) in [5.41, 5.74) is 1.79. The number of hydrogen-bond acceptors (Lipinski definition) is 4. The monoisotopic (exact) mass is 313 g/mol. The maximum absolute atomic E-state index is 12.8. The summed E-state index contributed by atoms with van der Waals surface area (Å²) in [4.78, 5) is 21.0. The zero-order chi connectivity index (χ0) is 16.4. The molecule has 2 aromatic heterocycles. The summed E-state index contributed by atoms with van der Waals surface area (Å²) < 4.78 is 1.93. The largest absolute Gasteiger partial charge is 0.363 e. The number of pyridine rings is 1. The Hall–Kier alpha value is -2.37. The first kappa shape index (κ1) is 15.5. The molecule has 0 bridgehead atoms. The minimum absolute atomic E-state index is 0.0641. The standard InChI is InChI=1S/C17H23N5O/c1-13-9-19-21(11-13)12-15-5-4-8-22(15)17(23)14-6-7-16(18-10-14)20(2)3/h6-7,9-11,15H,4-5,8,12H2,1-3H3/t15-/m0/s1. The normalized spacial score (nSPS) is 17.5. The van der Waals surface area contributed by atoms with Crippen molar-refractivity contribution in [2.45, 2.75) is 32.4 Å². The van der Waals surface area contributed by atoms with E-state index in [1.54, 1.807) is 6.20 Å². The predicted molar refractivity (Wildman–Crippen MR) is 89.6 cm³/mol. The fraction of sp³-hybridized carbons (Fsp3) is 0.471. The first-order chi connectivity index (χ1) is 11.0. The molecule has 0 radical (unpaired) electrons. The number of aromatic nitrogens is 3. The SMILES string of the molecule is Cc1cnn(C[C@@H]2CCCN2C(=O)c2ccc(N(C)C)nc2)c1. The third-order valence-electron chi connectivity index (χ3n) is 4.25. The van der Waals surface area contributed by atoms with E-state index in [4.69, 9.17) is 0 Å². The Balaban J connectivity index is 1.72. The molecule has 0 N–H and O–H groups in total. The molecule has 6 heteroatoms. The van der Waals surface area contributed by atoms with E-state index in [0.717, 1.165) is 37.3 Å². The quantitative estimate of drug-likeness (QED) is 0.866. The van der Waals surface area contributed by atoms with Crippen molar-refractivity contribution in [1.29, 1.82) is 0 Å². The van der Waals surface area contributed by atoms with E-state index >= 15 is 0 Å². The third kappa shape index (κ3) is 3.36. The van der Waals surface area contributed by atoms with Gasteiger partial charge in [0.1, 0.15) is 5.82 Å². The van der Waals surface area contributed by atoms with Gasteiger partial charge < -0.3 is 9.80 Å². The molecule has 23 heavy (non-hydrogen) atoms. The maximum Gasteiger partial charge on any atom is 0.255 e. The van der Waals surface area contributed by atoms with Gasteiger partial charge in [-0.25, -0.2) is 4.98 Å². The van der Waals surface area contributed by atoms with E-state index in [-0.39, 0.29) is 11.9 Å². The van der Waals surface area contributed by atoms with Gasteiger partial charge in [-0.2, -0.15) is 5.10 Å². The van der Waals surface area contributed by atoms with Crippen LogP contribution in [0, 0.1) is 6.92 Å². The average molecular weight is 313 g/mol. The molecule has 0 unspecified atom stereocenters. The molecule has 3 heterocycles. The van der Waals surface area contributed by atoms with E-state index in [1.807, 2.05) is 60.0 Å². The minimum Gasteiger partial charge on any atom is -0.363 e. The van der Waals surface area contributed by atoms with Crippen LogP contribution in [0.4, 0.5) is 5.82 Å². The highest BCUT2D eigenvalue weighted by Crippen LogP contribution is 2.22. The van der Waals surface area contributed by atoms with Gasteiger partial charge in [0, 0.05) is 33.0 Å². The van der Waals surface area contributed by atoms with Crippen LogP contribution in [0.15, 0.2) is 30.7 Å². The molecule has 1 atom stereocenters. The van der Waals surface area contributed by atoms with E-state index in [9.17, 15) is 4.79 Å². The second-order valence-corrected chi connectivity index (χ2v) is 6.33. The Morgan fingerprint density at radius 2 is 2.17 bits per heavy atom. The fourth-order valence-corrected chi connectivity index (χ4v) is 3.02. The number of nitrogens with zero attached hydrogens (tertiary/aromatic N) is 5. The van der Waals surface area contributed by atoms with Gasteiger partial charge in [-0.05, 0) is 37.5 Å². The topological polar surface area (TPSA) is 54.3 Å². The molecular formula is C17H23N5O. The van der Waals surface area contributed by atoms with E-state index in [0.29, 0.717) is 5.56 Å². The lowest BCUT2D eigenvalue weighted by Crippen LogP contribution is -2.38. The molecule has 0 aliphatic carbocycles. The number of aryl methyl sites for hydroxylation is 1. The van der Waals surface area contributed by atoms with Crippen molar-refractivity contribution in [3.05, 3.63) is 41.9 Å². The van der Waals surface area contributed by atoms with Crippen molar-refractivity contribution < 1.29 is 4.79 Å². The molecule has 1 saturated heterocycles. The third-order valence-corrected chi connectivity index (χ3v) is 4.25. The van der Waals surface area contributed by atoms with Gasteiger partial charge in [0.15, 0.2) is 0 Å². The summed E-state index contributed by atoms with van der Waals surface area (Å²) in [6.07, 6.45) is 7.61. The van der Waals surface area contributed by atoms with Gasteiger partial charge >= 0.3 is 0 Å². The van der Waals surface area contributed by atoms with Gasteiger partial charge in [-0.15, -0.1) is 0 Å². The zero-order valence-corrected chi connectivity index (χ0v) is 13.9. The highest BCUT2D eigenvalue weighted by atomic mass is 16.2. The van der Waals surface area contributed by atoms with E-state index in [1.165, 1.54) is 0 Å². The van der Waals surface area contributed by atoms with Crippen LogP contribution in [-0.4, -0.2) is 52.3 Å². The highest BCUT2D eigenvalue weighted by molar-refractivity contribution is 5.94.